The van der Waals surface area contributed by atoms with Crippen LogP contribution in [0.5, 0.6) is 0 Å². The number of hydrogen-bond acceptors (Lipinski definition) is 3. The molecule has 2 rings (SSSR count). The zero-order chi connectivity index (χ0) is 13.9. The average Bonchev–Trinajstić information content (AvgIpc) is 2.89. The van der Waals surface area contributed by atoms with Crippen molar-refractivity contribution in [2.24, 2.45) is 5.41 Å². The van der Waals surface area contributed by atoms with E-state index < -0.39 is 11.5 Å². The summed E-state index contributed by atoms with van der Waals surface area (Å²) in [5.74, 6) is -0.931. The van der Waals surface area contributed by atoms with E-state index in [9.17, 15) is 14.7 Å². The second-order valence-electron chi connectivity index (χ2n) is 5.93. The van der Waals surface area contributed by atoms with Crippen molar-refractivity contribution in [2.75, 3.05) is 13.1 Å². The van der Waals surface area contributed by atoms with Gasteiger partial charge in [-0.2, -0.15) is 0 Å². The highest BCUT2D eigenvalue weighted by Gasteiger charge is 2.47. The predicted molar refractivity (Wildman–Crippen MR) is 71.8 cm³/mol. The van der Waals surface area contributed by atoms with E-state index in [1.54, 1.807) is 0 Å². The largest absolute Gasteiger partial charge is 0.480 e. The lowest BCUT2D eigenvalue weighted by Gasteiger charge is -2.38. The van der Waals surface area contributed by atoms with Gasteiger partial charge in [-0.15, -0.1) is 0 Å². The van der Waals surface area contributed by atoms with Crippen molar-refractivity contribution in [3.8, 4) is 0 Å². The standard InChI is InChI=1S/C14H24N2O3/c1-2-13(7-9-15-10-8-13)11(17)16-14(12(18)19)5-3-4-6-14/h15H,2-10H2,1H3,(H,16,17)(H,18,19). The molecule has 1 heterocycles. The molecule has 1 amide bonds. The van der Waals surface area contributed by atoms with Crippen molar-refractivity contribution in [3.63, 3.8) is 0 Å². The highest BCUT2D eigenvalue weighted by atomic mass is 16.4. The van der Waals surface area contributed by atoms with Crippen molar-refractivity contribution < 1.29 is 14.7 Å². The summed E-state index contributed by atoms with van der Waals surface area (Å²) in [5.41, 5.74) is -1.39. The third-order valence-electron chi connectivity index (χ3n) is 4.94. The molecule has 0 bridgehead atoms. The first-order valence-corrected chi connectivity index (χ1v) is 7.31. The summed E-state index contributed by atoms with van der Waals surface area (Å²) in [6.07, 6.45) is 5.25. The van der Waals surface area contributed by atoms with Gasteiger partial charge in [-0.1, -0.05) is 19.8 Å². The summed E-state index contributed by atoms with van der Waals surface area (Å²) in [6.45, 7) is 3.69. The predicted octanol–water partition coefficient (Wildman–Crippen LogP) is 1.28. The third kappa shape index (κ3) is 2.61. The molecule has 19 heavy (non-hydrogen) atoms. The Balaban J connectivity index is 2.12. The van der Waals surface area contributed by atoms with Crippen molar-refractivity contribution in [3.05, 3.63) is 0 Å². The fourth-order valence-electron chi connectivity index (χ4n) is 3.37. The second kappa shape index (κ2) is 5.49. The first-order chi connectivity index (χ1) is 9.05. The first kappa shape index (κ1) is 14.3. The number of carbonyl (C=O) groups excluding carboxylic acids is 1. The molecule has 1 aliphatic carbocycles. The number of hydrogen-bond donors (Lipinski definition) is 3. The Labute approximate surface area is 114 Å². The van der Waals surface area contributed by atoms with Gasteiger partial charge in [0.15, 0.2) is 0 Å². The number of nitrogens with one attached hydrogen (secondary N) is 2. The molecule has 0 spiro atoms. The number of piperidine rings is 1. The Morgan fingerprint density at radius 2 is 1.74 bits per heavy atom. The molecule has 0 aromatic carbocycles. The zero-order valence-electron chi connectivity index (χ0n) is 11.6. The number of aliphatic carboxylic acids is 1. The molecule has 5 heteroatoms. The summed E-state index contributed by atoms with van der Waals surface area (Å²) in [5, 5.41) is 15.6. The van der Waals surface area contributed by atoms with Crippen LogP contribution in [0.2, 0.25) is 0 Å². The van der Waals surface area contributed by atoms with Crippen molar-refractivity contribution in [1.82, 2.24) is 10.6 Å². The molecule has 0 unspecified atom stereocenters. The van der Waals surface area contributed by atoms with E-state index >= 15 is 0 Å². The van der Waals surface area contributed by atoms with Crippen LogP contribution in [0.15, 0.2) is 0 Å². The summed E-state index contributed by atoms with van der Waals surface area (Å²) in [4.78, 5) is 24.1. The van der Waals surface area contributed by atoms with Crippen LogP contribution >= 0.6 is 0 Å². The maximum absolute atomic E-state index is 12.6. The minimum absolute atomic E-state index is 0.0548. The van der Waals surface area contributed by atoms with Crippen LogP contribution in [0, 0.1) is 5.41 Å². The minimum Gasteiger partial charge on any atom is -0.480 e. The highest BCUT2D eigenvalue weighted by molar-refractivity contribution is 5.90. The maximum atomic E-state index is 12.6. The quantitative estimate of drug-likeness (QED) is 0.717. The van der Waals surface area contributed by atoms with Crippen molar-refractivity contribution in [2.45, 2.75) is 57.4 Å². The molecule has 108 valence electrons. The number of amides is 1. The van der Waals surface area contributed by atoms with Gasteiger partial charge in [-0.3, -0.25) is 4.79 Å². The summed E-state index contributed by atoms with van der Waals surface area (Å²) < 4.78 is 0. The number of carboxylic acids is 1. The van der Waals surface area contributed by atoms with Crippen LogP contribution in [0.25, 0.3) is 0 Å². The summed E-state index contributed by atoms with van der Waals surface area (Å²) >= 11 is 0. The number of carboxylic acid groups (broad SMARTS) is 1. The van der Waals surface area contributed by atoms with E-state index in [0.29, 0.717) is 12.8 Å². The fraction of sp³-hybridized carbons (Fsp3) is 0.857. The molecule has 0 radical (unpaired) electrons. The Morgan fingerprint density at radius 3 is 2.21 bits per heavy atom. The van der Waals surface area contributed by atoms with E-state index in [1.807, 2.05) is 6.92 Å². The lowest BCUT2D eigenvalue weighted by molar-refractivity contribution is -0.150. The van der Waals surface area contributed by atoms with Crippen LogP contribution < -0.4 is 10.6 Å². The summed E-state index contributed by atoms with van der Waals surface area (Å²) in [6, 6.07) is 0. The van der Waals surface area contributed by atoms with Gasteiger partial charge in [0.05, 0.1) is 5.41 Å². The molecule has 1 aliphatic heterocycles. The molecule has 2 aliphatic rings. The Hall–Kier alpha value is -1.10. The van der Waals surface area contributed by atoms with Gasteiger partial charge in [0.2, 0.25) is 5.91 Å². The van der Waals surface area contributed by atoms with Crippen LogP contribution in [0.4, 0.5) is 0 Å². The Kier molecular flexibility index (Phi) is 4.13. The highest BCUT2D eigenvalue weighted by Crippen LogP contribution is 2.36. The van der Waals surface area contributed by atoms with E-state index in [-0.39, 0.29) is 11.3 Å². The Morgan fingerprint density at radius 1 is 1.16 bits per heavy atom. The van der Waals surface area contributed by atoms with Gasteiger partial charge < -0.3 is 15.7 Å². The molecule has 1 saturated heterocycles. The van der Waals surface area contributed by atoms with Gasteiger partial charge in [-0.25, -0.2) is 4.79 Å². The first-order valence-electron chi connectivity index (χ1n) is 7.31. The normalized spacial score (nSPS) is 24.9. The lowest BCUT2D eigenvalue weighted by Crippen LogP contribution is -2.58. The topological polar surface area (TPSA) is 78.4 Å². The van der Waals surface area contributed by atoms with Crippen LogP contribution in [-0.2, 0) is 9.59 Å². The van der Waals surface area contributed by atoms with Gasteiger partial charge >= 0.3 is 5.97 Å². The molecule has 0 aromatic rings. The molecular formula is C14H24N2O3. The van der Waals surface area contributed by atoms with Gasteiger partial charge in [0.1, 0.15) is 5.54 Å². The average molecular weight is 268 g/mol. The van der Waals surface area contributed by atoms with E-state index in [4.69, 9.17) is 0 Å². The van der Waals surface area contributed by atoms with Gasteiger partial charge in [0, 0.05) is 0 Å². The zero-order valence-corrected chi connectivity index (χ0v) is 11.6. The molecule has 5 nitrogen and oxygen atoms in total. The SMILES string of the molecule is CCC1(C(=O)NC2(C(=O)O)CCCC2)CCNCC1. The van der Waals surface area contributed by atoms with Crippen molar-refractivity contribution >= 4 is 11.9 Å². The number of carbonyl (C=O) groups is 2. The molecule has 3 N–H and O–H groups in total. The van der Waals surface area contributed by atoms with Crippen LogP contribution in [0.3, 0.4) is 0 Å². The van der Waals surface area contributed by atoms with Crippen molar-refractivity contribution in [1.29, 1.82) is 0 Å². The van der Waals surface area contributed by atoms with Gasteiger partial charge in [0.25, 0.3) is 0 Å². The fourth-order valence-corrected chi connectivity index (χ4v) is 3.37. The minimum atomic E-state index is -1.01. The van der Waals surface area contributed by atoms with E-state index in [1.165, 1.54) is 0 Å². The molecule has 1 saturated carbocycles. The smallest absolute Gasteiger partial charge is 0.329 e. The van der Waals surface area contributed by atoms with Crippen LogP contribution in [-0.4, -0.2) is 35.6 Å². The molecule has 0 atom stereocenters. The molecule has 0 aromatic heterocycles. The monoisotopic (exact) mass is 268 g/mol. The summed E-state index contributed by atoms with van der Waals surface area (Å²) in [7, 11) is 0. The number of rotatable bonds is 4. The van der Waals surface area contributed by atoms with Crippen LogP contribution in [0.1, 0.15) is 51.9 Å². The third-order valence-corrected chi connectivity index (χ3v) is 4.94. The maximum Gasteiger partial charge on any atom is 0.329 e. The lowest BCUT2D eigenvalue weighted by atomic mass is 9.75. The van der Waals surface area contributed by atoms with E-state index in [0.717, 1.165) is 45.2 Å². The Bertz CT molecular complexity index is 356. The van der Waals surface area contributed by atoms with Gasteiger partial charge in [-0.05, 0) is 45.2 Å². The molecular weight excluding hydrogens is 244 g/mol. The second-order valence-corrected chi connectivity index (χ2v) is 5.93. The molecule has 2 fully saturated rings. The van der Waals surface area contributed by atoms with E-state index in [2.05, 4.69) is 10.6 Å².